The van der Waals surface area contributed by atoms with E-state index in [2.05, 4.69) is 46.0 Å². The van der Waals surface area contributed by atoms with E-state index in [1.807, 2.05) is 18.2 Å². The number of thiazole rings is 1. The van der Waals surface area contributed by atoms with Crippen LogP contribution in [0, 0.1) is 6.92 Å². The predicted molar refractivity (Wildman–Crippen MR) is 81.9 cm³/mol. The molecule has 0 saturated heterocycles. The summed E-state index contributed by atoms with van der Waals surface area (Å²) in [5.41, 5.74) is 9.93. The number of fused-ring (bicyclic) bond motifs is 1. The minimum Gasteiger partial charge on any atom is -0.399 e. The molecule has 0 saturated carbocycles. The van der Waals surface area contributed by atoms with Crippen LogP contribution in [0.4, 0.5) is 5.69 Å². The molecule has 2 N–H and O–H groups in total. The van der Waals surface area contributed by atoms with E-state index in [0.717, 1.165) is 30.9 Å². The number of halogens is 1. The van der Waals surface area contributed by atoms with Crippen molar-refractivity contribution in [1.29, 1.82) is 0 Å². The second-order valence-electron chi connectivity index (χ2n) is 4.23. The van der Waals surface area contributed by atoms with Crippen LogP contribution in [-0.4, -0.2) is 4.98 Å². The predicted octanol–water partition coefficient (Wildman–Crippen LogP) is 4.62. The van der Waals surface area contributed by atoms with E-state index in [-0.39, 0.29) is 0 Å². The van der Waals surface area contributed by atoms with Crippen molar-refractivity contribution in [3.8, 4) is 10.6 Å². The first-order chi connectivity index (χ1) is 8.63. The fraction of sp³-hybridized carbons (Fsp3) is 0.0714. The first-order valence-corrected chi connectivity index (χ1v) is 7.17. The van der Waals surface area contributed by atoms with Gasteiger partial charge in [0.05, 0.1) is 10.2 Å². The molecule has 0 amide bonds. The molecule has 0 aliphatic heterocycles. The fourth-order valence-corrected chi connectivity index (χ4v) is 3.47. The van der Waals surface area contributed by atoms with E-state index in [9.17, 15) is 0 Å². The zero-order valence-electron chi connectivity index (χ0n) is 9.77. The molecule has 1 heterocycles. The molecule has 0 unspecified atom stereocenters. The minimum atomic E-state index is 0.779. The highest BCUT2D eigenvalue weighted by Crippen LogP contribution is 2.35. The Morgan fingerprint density at radius 3 is 2.83 bits per heavy atom. The normalized spacial score (nSPS) is 11.0. The van der Waals surface area contributed by atoms with Gasteiger partial charge in [-0.15, -0.1) is 11.3 Å². The summed E-state index contributed by atoms with van der Waals surface area (Å²) >= 11 is 5.25. The van der Waals surface area contributed by atoms with Crippen LogP contribution < -0.4 is 5.73 Å². The molecule has 90 valence electrons. The Bertz CT molecular complexity index is 734. The van der Waals surface area contributed by atoms with Crippen LogP contribution in [0.3, 0.4) is 0 Å². The summed E-state index contributed by atoms with van der Waals surface area (Å²) in [7, 11) is 0. The van der Waals surface area contributed by atoms with Gasteiger partial charge in [0.1, 0.15) is 5.01 Å². The van der Waals surface area contributed by atoms with Gasteiger partial charge in [-0.05, 0) is 37.3 Å². The summed E-state index contributed by atoms with van der Waals surface area (Å²) in [6.45, 7) is 2.08. The number of nitrogens with two attached hydrogens (primary N) is 1. The molecular weight excluding hydrogens is 308 g/mol. The van der Waals surface area contributed by atoms with Crippen LogP contribution in [0.2, 0.25) is 0 Å². The van der Waals surface area contributed by atoms with E-state index < -0.39 is 0 Å². The smallest absolute Gasteiger partial charge is 0.125 e. The Morgan fingerprint density at radius 2 is 2.00 bits per heavy atom. The van der Waals surface area contributed by atoms with Crippen LogP contribution in [-0.2, 0) is 0 Å². The lowest BCUT2D eigenvalue weighted by Crippen LogP contribution is -1.82. The monoisotopic (exact) mass is 318 g/mol. The van der Waals surface area contributed by atoms with Gasteiger partial charge in [0.15, 0.2) is 0 Å². The summed E-state index contributed by atoms with van der Waals surface area (Å²) in [6.07, 6.45) is 0. The highest BCUT2D eigenvalue weighted by molar-refractivity contribution is 9.10. The molecule has 4 heteroatoms. The van der Waals surface area contributed by atoms with Gasteiger partial charge < -0.3 is 5.73 Å². The molecule has 0 bridgehead atoms. The molecule has 0 aliphatic rings. The van der Waals surface area contributed by atoms with Crippen molar-refractivity contribution in [2.45, 2.75) is 6.92 Å². The molecule has 0 atom stereocenters. The topological polar surface area (TPSA) is 38.9 Å². The first-order valence-electron chi connectivity index (χ1n) is 5.56. The third-order valence-corrected chi connectivity index (χ3v) is 4.51. The molecule has 3 rings (SSSR count). The van der Waals surface area contributed by atoms with Gasteiger partial charge in [0, 0.05) is 15.7 Å². The van der Waals surface area contributed by atoms with Crippen molar-refractivity contribution in [2.24, 2.45) is 0 Å². The van der Waals surface area contributed by atoms with Gasteiger partial charge in [-0.1, -0.05) is 27.6 Å². The van der Waals surface area contributed by atoms with Crippen molar-refractivity contribution >= 4 is 43.2 Å². The summed E-state index contributed by atoms with van der Waals surface area (Å²) in [5.74, 6) is 0. The molecule has 0 fully saturated rings. The van der Waals surface area contributed by atoms with Crippen molar-refractivity contribution in [1.82, 2.24) is 4.98 Å². The lowest BCUT2D eigenvalue weighted by molar-refractivity contribution is 1.42. The van der Waals surface area contributed by atoms with Gasteiger partial charge in [-0.2, -0.15) is 0 Å². The largest absolute Gasteiger partial charge is 0.399 e. The highest BCUT2D eigenvalue weighted by atomic mass is 79.9. The number of rotatable bonds is 1. The number of aromatic nitrogens is 1. The Labute approximate surface area is 118 Å². The number of aryl methyl sites for hydroxylation is 1. The Morgan fingerprint density at radius 1 is 1.17 bits per heavy atom. The Balaban J connectivity index is 2.22. The van der Waals surface area contributed by atoms with Crippen molar-refractivity contribution in [3.05, 3.63) is 46.4 Å². The van der Waals surface area contributed by atoms with E-state index in [1.165, 1.54) is 5.56 Å². The fourth-order valence-electron chi connectivity index (χ4n) is 1.86. The summed E-state index contributed by atoms with van der Waals surface area (Å²) < 4.78 is 2.19. The van der Waals surface area contributed by atoms with Crippen molar-refractivity contribution in [2.75, 3.05) is 5.73 Å². The molecule has 3 aromatic rings. The number of benzene rings is 2. The first kappa shape index (κ1) is 11.7. The number of hydrogen-bond donors (Lipinski definition) is 1. The summed E-state index contributed by atoms with van der Waals surface area (Å²) in [4.78, 5) is 4.66. The minimum absolute atomic E-state index is 0.779. The van der Waals surface area contributed by atoms with Crippen LogP contribution in [0.1, 0.15) is 5.56 Å². The van der Waals surface area contributed by atoms with Gasteiger partial charge >= 0.3 is 0 Å². The molecule has 2 nitrogen and oxygen atoms in total. The second kappa shape index (κ2) is 4.37. The quantitative estimate of drug-likeness (QED) is 0.665. The van der Waals surface area contributed by atoms with Gasteiger partial charge in [0.25, 0.3) is 0 Å². The number of anilines is 1. The van der Waals surface area contributed by atoms with E-state index in [1.54, 1.807) is 11.3 Å². The van der Waals surface area contributed by atoms with E-state index >= 15 is 0 Å². The molecule has 1 aromatic heterocycles. The summed E-state index contributed by atoms with van der Waals surface area (Å²) in [5, 5.41) is 1.02. The number of nitrogen functional groups attached to an aromatic ring is 1. The maximum atomic E-state index is 5.80. The number of hydrogen-bond acceptors (Lipinski definition) is 3. The van der Waals surface area contributed by atoms with Crippen LogP contribution in [0.15, 0.2) is 40.9 Å². The maximum absolute atomic E-state index is 5.80. The van der Waals surface area contributed by atoms with Gasteiger partial charge in [-0.25, -0.2) is 4.98 Å². The van der Waals surface area contributed by atoms with E-state index in [0.29, 0.717) is 0 Å². The highest BCUT2D eigenvalue weighted by Gasteiger charge is 2.09. The second-order valence-corrected chi connectivity index (χ2v) is 6.11. The maximum Gasteiger partial charge on any atom is 0.125 e. The SMILES string of the molecule is Cc1ccc(Br)c(-c2nc3ccc(N)cc3s2)c1. The lowest BCUT2D eigenvalue weighted by atomic mass is 10.1. The Kier molecular flexibility index (Phi) is 2.84. The zero-order chi connectivity index (χ0) is 12.7. The molecule has 18 heavy (non-hydrogen) atoms. The molecule has 0 aliphatic carbocycles. The average Bonchev–Trinajstić information content (AvgIpc) is 2.74. The molecular formula is C14H11BrN2S. The molecule has 0 radical (unpaired) electrons. The standard InChI is InChI=1S/C14H11BrN2S/c1-8-2-4-11(15)10(6-8)14-17-12-5-3-9(16)7-13(12)18-14/h2-7H,16H2,1H3. The lowest BCUT2D eigenvalue weighted by Gasteiger charge is -2.01. The van der Waals surface area contributed by atoms with Crippen LogP contribution >= 0.6 is 27.3 Å². The third kappa shape index (κ3) is 2.02. The third-order valence-electron chi connectivity index (χ3n) is 2.76. The van der Waals surface area contributed by atoms with Crippen molar-refractivity contribution in [3.63, 3.8) is 0 Å². The van der Waals surface area contributed by atoms with Crippen LogP contribution in [0.5, 0.6) is 0 Å². The molecule has 0 spiro atoms. The Hall–Kier alpha value is -1.39. The number of nitrogens with zero attached hydrogens (tertiary/aromatic N) is 1. The van der Waals surface area contributed by atoms with Crippen LogP contribution in [0.25, 0.3) is 20.8 Å². The van der Waals surface area contributed by atoms with Crippen molar-refractivity contribution < 1.29 is 0 Å². The van der Waals surface area contributed by atoms with Gasteiger partial charge in [-0.3, -0.25) is 0 Å². The summed E-state index contributed by atoms with van der Waals surface area (Å²) in [6, 6.07) is 12.1. The average molecular weight is 319 g/mol. The van der Waals surface area contributed by atoms with Gasteiger partial charge in [0.2, 0.25) is 0 Å². The van der Waals surface area contributed by atoms with E-state index in [4.69, 9.17) is 5.73 Å². The zero-order valence-corrected chi connectivity index (χ0v) is 12.2. The molecule has 2 aromatic carbocycles.